The number of nitrogens with one attached hydrogen (secondary N) is 2. The lowest BCUT2D eigenvalue weighted by Crippen LogP contribution is -2.26. The molecule has 2 N–H and O–H groups in total. The van der Waals surface area contributed by atoms with E-state index >= 15 is 0 Å². The second-order valence-corrected chi connectivity index (χ2v) is 9.11. The second kappa shape index (κ2) is 10.7. The lowest BCUT2D eigenvalue weighted by Gasteiger charge is -2.04. The minimum Gasteiger partial charge on any atom is -0.348 e. The number of rotatable bonds is 6. The first kappa shape index (κ1) is 21.0. The molecule has 3 aromatic heterocycles. The molecule has 0 atom stereocenters. The highest BCUT2D eigenvalue weighted by atomic mass is 32.2. The average molecular weight is 448 g/mol. The molecule has 6 nitrogen and oxygen atoms in total. The summed E-state index contributed by atoms with van der Waals surface area (Å²) in [5.41, 5.74) is 0.452. The second-order valence-electron chi connectivity index (χ2n) is 6.71. The van der Waals surface area contributed by atoms with Gasteiger partial charge >= 0.3 is 0 Å². The minimum absolute atomic E-state index is 0.105. The Morgan fingerprint density at radius 2 is 1.71 bits per heavy atom. The number of anilines is 2. The van der Waals surface area contributed by atoms with Gasteiger partial charge in [0.1, 0.15) is 11.5 Å². The molecule has 0 bridgehead atoms. The predicted molar refractivity (Wildman–Crippen MR) is 125 cm³/mol. The summed E-state index contributed by atoms with van der Waals surface area (Å²) in [5.74, 6) is 0.656. The van der Waals surface area contributed by atoms with Crippen LogP contribution in [0.15, 0.2) is 94.4 Å². The van der Waals surface area contributed by atoms with Gasteiger partial charge in [-0.1, -0.05) is 65.6 Å². The van der Waals surface area contributed by atoms with Gasteiger partial charge in [0.15, 0.2) is 5.13 Å². The van der Waals surface area contributed by atoms with E-state index < -0.39 is 0 Å². The average Bonchev–Trinajstić information content (AvgIpc) is 3.53. The van der Waals surface area contributed by atoms with Crippen LogP contribution in [0.4, 0.5) is 10.9 Å². The van der Waals surface area contributed by atoms with Crippen molar-refractivity contribution in [1.29, 1.82) is 0 Å². The fourth-order valence-electron chi connectivity index (χ4n) is 2.50. The molecule has 0 aliphatic heterocycles. The van der Waals surface area contributed by atoms with Crippen molar-refractivity contribution in [2.75, 3.05) is 5.32 Å². The van der Waals surface area contributed by atoms with E-state index in [2.05, 4.69) is 25.6 Å². The molecule has 3 heterocycles. The third-order valence-electron chi connectivity index (χ3n) is 4.15. The highest BCUT2D eigenvalue weighted by Gasteiger charge is 2.24. The van der Waals surface area contributed by atoms with E-state index in [0.29, 0.717) is 11.7 Å². The first-order valence-electron chi connectivity index (χ1n) is 9.85. The molecular formula is C23H21N5OS2. The van der Waals surface area contributed by atoms with Crippen molar-refractivity contribution in [3.8, 4) is 0 Å². The van der Waals surface area contributed by atoms with Crippen molar-refractivity contribution >= 4 is 40.0 Å². The third-order valence-corrected chi connectivity index (χ3v) is 6.15. The van der Waals surface area contributed by atoms with Gasteiger partial charge in [-0.2, -0.15) is 0 Å². The lowest BCUT2D eigenvalue weighted by atomic mass is 10.3. The Bertz CT molecular complexity index is 1070. The Balaban J connectivity index is 0.000000334. The van der Waals surface area contributed by atoms with Crippen LogP contribution in [0.3, 0.4) is 0 Å². The highest BCUT2D eigenvalue weighted by Crippen LogP contribution is 2.34. The van der Waals surface area contributed by atoms with E-state index in [1.54, 1.807) is 24.2 Å². The molecule has 0 unspecified atom stereocenters. The maximum absolute atomic E-state index is 12.1. The first-order chi connectivity index (χ1) is 15.3. The number of nitrogens with zero attached hydrogens (tertiary/aromatic N) is 3. The van der Waals surface area contributed by atoms with Crippen LogP contribution in [0.2, 0.25) is 0 Å². The third kappa shape index (κ3) is 6.91. The smallest absolute Gasteiger partial charge is 0.270 e. The quantitative estimate of drug-likeness (QED) is 0.412. The lowest BCUT2D eigenvalue weighted by molar-refractivity contribution is 0.0946. The van der Waals surface area contributed by atoms with Crippen LogP contribution in [0.25, 0.3) is 0 Å². The molecule has 1 aromatic carbocycles. The number of pyridine rings is 2. The number of thiazole rings is 1. The summed E-state index contributed by atoms with van der Waals surface area (Å²) in [6.45, 7) is 0. The van der Waals surface area contributed by atoms with Crippen LogP contribution in [-0.2, 0) is 0 Å². The molecule has 0 spiro atoms. The molecule has 1 saturated carbocycles. The zero-order valence-electron chi connectivity index (χ0n) is 16.6. The molecular weight excluding hydrogens is 426 g/mol. The number of hydrogen-bond acceptors (Lipinski definition) is 7. The largest absolute Gasteiger partial charge is 0.348 e. The summed E-state index contributed by atoms with van der Waals surface area (Å²) in [4.78, 5) is 25.8. The maximum Gasteiger partial charge on any atom is 0.270 e. The zero-order chi connectivity index (χ0) is 21.3. The molecule has 31 heavy (non-hydrogen) atoms. The van der Waals surface area contributed by atoms with Crippen molar-refractivity contribution in [3.05, 3.63) is 91.0 Å². The van der Waals surface area contributed by atoms with Gasteiger partial charge in [-0.3, -0.25) is 9.78 Å². The maximum atomic E-state index is 12.1. The van der Waals surface area contributed by atoms with Crippen LogP contribution in [0, 0.1) is 0 Å². The summed E-state index contributed by atoms with van der Waals surface area (Å²) in [5, 5.41) is 6.91. The van der Waals surface area contributed by atoms with Crippen molar-refractivity contribution < 1.29 is 4.79 Å². The molecule has 0 radical (unpaired) electrons. The zero-order valence-corrected chi connectivity index (χ0v) is 18.3. The molecule has 1 aliphatic rings. The number of carbonyl (C=O) groups is 1. The van der Waals surface area contributed by atoms with E-state index in [-0.39, 0.29) is 5.91 Å². The van der Waals surface area contributed by atoms with Gasteiger partial charge in [0.05, 0.1) is 10.4 Å². The van der Waals surface area contributed by atoms with Gasteiger partial charge in [0.2, 0.25) is 0 Å². The standard InChI is InChI=1S/C17H15N5OS2.C6H6/c23-16(21-11-4-5-11)13-9-12(6-8-18-13)24-15-10-20-17(25-15)22-14-3-1-2-7-19-14;1-2-4-6-5-3-1/h1-3,6-11H,4-5H2,(H,21,23)(H,19,20,22);1-6H. The number of carbonyl (C=O) groups excluding carboxylic acids is 1. The van der Waals surface area contributed by atoms with E-state index in [0.717, 1.165) is 32.9 Å². The number of hydrogen-bond donors (Lipinski definition) is 2. The first-order valence-corrected chi connectivity index (χ1v) is 11.5. The highest BCUT2D eigenvalue weighted by molar-refractivity contribution is 8.01. The van der Waals surface area contributed by atoms with Gasteiger partial charge in [0, 0.05) is 23.3 Å². The van der Waals surface area contributed by atoms with Crippen LogP contribution in [0.5, 0.6) is 0 Å². The van der Waals surface area contributed by atoms with Gasteiger partial charge < -0.3 is 10.6 Å². The molecule has 1 aliphatic carbocycles. The van der Waals surface area contributed by atoms with Crippen LogP contribution >= 0.6 is 23.1 Å². The SMILES string of the molecule is O=C(NC1CC1)c1cc(Sc2cnc(Nc3ccccn3)s2)ccn1.c1ccccc1. The van der Waals surface area contributed by atoms with E-state index in [1.165, 1.54) is 11.3 Å². The summed E-state index contributed by atoms with van der Waals surface area (Å²) < 4.78 is 1.03. The monoisotopic (exact) mass is 447 g/mol. The summed E-state index contributed by atoms with van der Waals surface area (Å²) >= 11 is 3.10. The normalized spacial score (nSPS) is 12.4. The number of amides is 1. The van der Waals surface area contributed by atoms with E-state index in [4.69, 9.17) is 0 Å². The summed E-state index contributed by atoms with van der Waals surface area (Å²) in [7, 11) is 0. The van der Waals surface area contributed by atoms with Crippen LogP contribution in [0.1, 0.15) is 23.3 Å². The van der Waals surface area contributed by atoms with Crippen LogP contribution < -0.4 is 10.6 Å². The molecule has 8 heteroatoms. The van der Waals surface area contributed by atoms with Crippen molar-refractivity contribution in [3.63, 3.8) is 0 Å². The van der Waals surface area contributed by atoms with E-state index in [1.807, 2.05) is 72.9 Å². The van der Waals surface area contributed by atoms with Crippen molar-refractivity contribution in [2.24, 2.45) is 0 Å². The van der Waals surface area contributed by atoms with Gasteiger partial charge in [0.25, 0.3) is 5.91 Å². The Morgan fingerprint density at radius 1 is 0.935 bits per heavy atom. The Hall–Kier alpha value is -3.23. The predicted octanol–water partition coefficient (Wildman–Crippen LogP) is 5.41. The Kier molecular flexibility index (Phi) is 7.25. The summed E-state index contributed by atoms with van der Waals surface area (Å²) in [6.07, 6.45) is 7.33. The van der Waals surface area contributed by atoms with Crippen LogP contribution in [-0.4, -0.2) is 26.9 Å². The van der Waals surface area contributed by atoms with E-state index in [9.17, 15) is 4.79 Å². The topological polar surface area (TPSA) is 79.8 Å². The fraction of sp³-hybridized carbons (Fsp3) is 0.130. The van der Waals surface area contributed by atoms with Crippen molar-refractivity contribution in [2.45, 2.75) is 28.0 Å². The molecule has 0 saturated heterocycles. The van der Waals surface area contributed by atoms with Gasteiger partial charge in [-0.15, -0.1) is 0 Å². The summed E-state index contributed by atoms with van der Waals surface area (Å²) in [6, 6.07) is 21.7. The number of aromatic nitrogens is 3. The van der Waals surface area contributed by atoms with Crippen molar-refractivity contribution in [1.82, 2.24) is 20.3 Å². The fourth-order valence-corrected chi connectivity index (χ4v) is 4.38. The Morgan fingerprint density at radius 3 is 2.39 bits per heavy atom. The molecule has 1 amide bonds. The van der Waals surface area contributed by atoms with Gasteiger partial charge in [-0.25, -0.2) is 9.97 Å². The molecule has 156 valence electrons. The number of benzene rings is 1. The minimum atomic E-state index is -0.105. The van der Waals surface area contributed by atoms with Gasteiger partial charge in [-0.05, 0) is 37.1 Å². The Labute approximate surface area is 189 Å². The molecule has 1 fully saturated rings. The molecule has 5 rings (SSSR count). The molecule has 4 aromatic rings.